The van der Waals surface area contributed by atoms with Gasteiger partial charge in [-0.25, -0.2) is 9.97 Å². The second kappa shape index (κ2) is 10.7. The van der Waals surface area contributed by atoms with E-state index in [0.717, 1.165) is 44.3 Å². The lowest BCUT2D eigenvalue weighted by Gasteiger charge is -2.22. The Labute approximate surface area is 300 Å². The van der Waals surface area contributed by atoms with Crippen molar-refractivity contribution in [2.24, 2.45) is 0 Å². The van der Waals surface area contributed by atoms with Crippen molar-refractivity contribution in [1.82, 2.24) is 19.5 Å². The molecule has 0 fully saturated rings. The van der Waals surface area contributed by atoms with Crippen LogP contribution in [0.1, 0.15) is 25.0 Å². The highest BCUT2D eigenvalue weighted by molar-refractivity contribution is 6.29. The maximum atomic E-state index is 5.28. The fourth-order valence-electron chi connectivity index (χ4n) is 8.84. The summed E-state index contributed by atoms with van der Waals surface area (Å²) in [4.78, 5) is 15.2. The van der Waals surface area contributed by atoms with Gasteiger partial charge in [-0.05, 0) is 78.8 Å². The van der Waals surface area contributed by atoms with Crippen LogP contribution in [0.3, 0.4) is 0 Å². The zero-order valence-electron chi connectivity index (χ0n) is 28.8. The topological polar surface area (TPSA) is 43.6 Å². The van der Waals surface area contributed by atoms with Crippen LogP contribution in [0.5, 0.6) is 0 Å². The maximum Gasteiger partial charge on any atom is 0.235 e. The number of pyridine rings is 1. The minimum absolute atomic E-state index is 0.235. The third-order valence-corrected chi connectivity index (χ3v) is 11.3. The molecule has 0 radical (unpaired) electrons. The van der Waals surface area contributed by atoms with Crippen LogP contribution >= 0.6 is 0 Å². The van der Waals surface area contributed by atoms with Gasteiger partial charge in [0.1, 0.15) is 0 Å². The summed E-state index contributed by atoms with van der Waals surface area (Å²) in [6.07, 6.45) is 3.86. The van der Waals surface area contributed by atoms with Gasteiger partial charge in [0.15, 0.2) is 0 Å². The molecule has 4 nitrogen and oxygen atoms in total. The molecule has 0 saturated carbocycles. The molecule has 0 unspecified atom stereocenters. The van der Waals surface area contributed by atoms with Gasteiger partial charge in [-0.15, -0.1) is 0 Å². The zero-order chi connectivity index (χ0) is 34.6. The molecule has 0 amide bonds. The van der Waals surface area contributed by atoms with E-state index in [-0.39, 0.29) is 5.41 Å². The number of hydrogen-bond donors (Lipinski definition) is 0. The Bertz CT molecular complexity index is 2990. The van der Waals surface area contributed by atoms with Crippen LogP contribution in [0.15, 0.2) is 158 Å². The van der Waals surface area contributed by atoms with Gasteiger partial charge in [-0.3, -0.25) is 9.55 Å². The second-order valence-corrected chi connectivity index (χ2v) is 14.4. The molecule has 244 valence electrons. The molecule has 52 heavy (non-hydrogen) atoms. The first-order valence-corrected chi connectivity index (χ1v) is 17.9. The van der Waals surface area contributed by atoms with Crippen molar-refractivity contribution in [3.05, 3.63) is 169 Å². The Hall–Kier alpha value is -6.65. The first-order valence-electron chi connectivity index (χ1n) is 17.9. The van der Waals surface area contributed by atoms with E-state index >= 15 is 0 Å². The van der Waals surface area contributed by atoms with Gasteiger partial charge in [0.05, 0.1) is 22.4 Å². The summed E-state index contributed by atoms with van der Waals surface area (Å²) in [6.45, 7) is 4.74. The fourth-order valence-corrected chi connectivity index (χ4v) is 8.84. The van der Waals surface area contributed by atoms with Crippen molar-refractivity contribution in [1.29, 1.82) is 0 Å². The Balaban J connectivity index is 1.24. The van der Waals surface area contributed by atoms with Crippen LogP contribution in [0.2, 0.25) is 0 Å². The molecule has 11 rings (SSSR count). The average molecular weight is 665 g/mol. The van der Waals surface area contributed by atoms with Crippen LogP contribution in [-0.2, 0) is 5.41 Å². The number of aromatic nitrogens is 4. The summed E-state index contributed by atoms with van der Waals surface area (Å²) in [5.74, 6) is 0.641. The van der Waals surface area contributed by atoms with Crippen LogP contribution in [-0.4, -0.2) is 19.5 Å². The molecule has 3 heterocycles. The molecule has 0 N–H and O–H groups in total. The Kier molecular flexibility index (Phi) is 5.98. The second-order valence-electron chi connectivity index (χ2n) is 14.4. The maximum absolute atomic E-state index is 5.28. The van der Waals surface area contributed by atoms with E-state index < -0.39 is 0 Å². The standard InChI is InChI=1S/C48H32N4/c1-48(2)39-22-21-35-33-19-10-9-17-31(33)32-18-11-12-20-34(32)45(35)46(39)37-25-36-38-28-49-24-23-43(38)52(44(36)26-40(37)48)47-50-41(29-13-5-3-6-14-29)27-42(51-47)30-15-7-4-8-16-30/h3-28H,1-2H3. The minimum Gasteiger partial charge on any atom is -0.278 e. The van der Waals surface area contributed by atoms with Crippen LogP contribution in [0.25, 0.3) is 93.7 Å². The Morgan fingerprint density at radius 1 is 0.481 bits per heavy atom. The van der Waals surface area contributed by atoms with E-state index in [1.54, 1.807) is 0 Å². The van der Waals surface area contributed by atoms with Crippen molar-refractivity contribution in [2.45, 2.75) is 19.3 Å². The van der Waals surface area contributed by atoms with Gasteiger partial charge in [-0.2, -0.15) is 0 Å². The van der Waals surface area contributed by atoms with E-state index in [9.17, 15) is 0 Å². The number of rotatable bonds is 3. The van der Waals surface area contributed by atoms with E-state index in [4.69, 9.17) is 9.97 Å². The average Bonchev–Trinajstić information content (AvgIpc) is 3.65. The molecule has 0 atom stereocenters. The molecule has 4 heteroatoms. The predicted octanol–water partition coefficient (Wildman–Crippen LogP) is 12.1. The highest BCUT2D eigenvalue weighted by atomic mass is 15.2. The molecule has 1 aliphatic rings. The van der Waals surface area contributed by atoms with Crippen LogP contribution in [0, 0.1) is 0 Å². The summed E-state index contributed by atoms with van der Waals surface area (Å²) in [7, 11) is 0. The highest BCUT2D eigenvalue weighted by Gasteiger charge is 2.38. The summed E-state index contributed by atoms with van der Waals surface area (Å²) in [6, 6.07) is 52.2. The monoisotopic (exact) mass is 664 g/mol. The van der Waals surface area contributed by atoms with Crippen LogP contribution < -0.4 is 0 Å². The Morgan fingerprint density at radius 3 is 1.71 bits per heavy atom. The summed E-state index contributed by atoms with van der Waals surface area (Å²) >= 11 is 0. The molecule has 1 aliphatic carbocycles. The minimum atomic E-state index is -0.235. The number of nitrogens with zero attached hydrogens (tertiary/aromatic N) is 4. The van der Waals surface area contributed by atoms with Crippen molar-refractivity contribution in [3.8, 4) is 39.6 Å². The fraction of sp³-hybridized carbons (Fsp3) is 0.0625. The van der Waals surface area contributed by atoms with Gasteiger partial charge < -0.3 is 0 Å². The zero-order valence-corrected chi connectivity index (χ0v) is 28.8. The van der Waals surface area contributed by atoms with Crippen molar-refractivity contribution < 1.29 is 0 Å². The summed E-state index contributed by atoms with van der Waals surface area (Å²) in [5.41, 5.74) is 11.0. The molecule has 0 spiro atoms. The molecular weight excluding hydrogens is 633 g/mol. The van der Waals surface area contributed by atoms with Gasteiger partial charge in [0.2, 0.25) is 5.95 Å². The first-order chi connectivity index (χ1) is 25.6. The quantitative estimate of drug-likeness (QED) is 0.177. The molecule has 0 saturated heterocycles. The number of fused-ring (bicyclic) bond motifs is 13. The Morgan fingerprint density at radius 2 is 1.06 bits per heavy atom. The van der Waals surface area contributed by atoms with Gasteiger partial charge in [-0.1, -0.05) is 135 Å². The van der Waals surface area contributed by atoms with Crippen molar-refractivity contribution in [2.75, 3.05) is 0 Å². The molecule has 3 aromatic heterocycles. The number of hydrogen-bond acceptors (Lipinski definition) is 3. The molecule has 7 aromatic carbocycles. The lowest BCUT2D eigenvalue weighted by molar-refractivity contribution is 0.661. The van der Waals surface area contributed by atoms with Gasteiger partial charge in [0, 0.05) is 39.7 Å². The third kappa shape index (κ3) is 4.00. The lowest BCUT2D eigenvalue weighted by Crippen LogP contribution is -2.15. The predicted molar refractivity (Wildman–Crippen MR) is 215 cm³/mol. The molecular formula is C48H32N4. The number of benzene rings is 7. The molecule has 0 aliphatic heterocycles. The molecule has 10 aromatic rings. The van der Waals surface area contributed by atoms with E-state index in [1.807, 2.05) is 24.5 Å². The SMILES string of the molecule is CC1(C)c2cc3c(cc2-c2c1ccc1c4ccccc4c4ccccc4c21)c1cnccc1n3-c1nc(-c2ccccc2)cc(-c2ccccc2)n1. The first kappa shape index (κ1) is 29.1. The van der Waals surface area contributed by atoms with E-state index in [1.165, 1.54) is 54.6 Å². The van der Waals surface area contributed by atoms with Crippen LogP contribution in [0.4, 0.5) is 0 Å². The van der Waals surface area contributed by atoms with E-state index in [0.29, 0.717) is 5.95 Å². The third-order valence-electron chi connectivity index (χ3n) is 11.3. The summed E-state index contributed by atoms with van der Waals surface area (Å²) in [5, 5.41) is 10.0. The summed E-state index contributed by atoms with van der Waals surface area (Å²) < 4.78 is 2.24. The smallest absolute Gasteiger partial charge is 0.235 e. The van der Waals surface area contributed by atoms with Crippen molar-refractivity contribution in [3.63, 3.8) is 0 Å². The molecule has 0 bridgehead atoms. The van der Waals surface area contributed by atoms with E-state index in [2.05, 4.69) is 157 Å². The van der Waals surface area contributed by atoms with Gasteiger partial charge in [0.25, 0.3) is 0 Å². The van der Waals surface area contributed by atoms with Gasteiger partial charge >= 0.3 is 0 Å². The lowest BCUT2D eigenvalue weighted by atomic mass is 9.81. The normalized spacial score (nSPS) is 13.3. The highest BCUT2D eigenvalue weighted by Crippen LogP contribution is 2.55. The largest absolute Gasteiger partial charge is 0.278 e. The van der Waals surface area contributed by atoms with Crippen molar-refractivity contribution >= 4 is 54.1 Å².